The Bertz CT molecular complexity index is 235. The summed E-state index contributed by atoms with van der Waals surface area (Å²) >= 11 is 0. The number of nitrogens with zero attached hydrogens (tertiary/aromatic N) is 3. The summed E-state index contributed by atoms with van der Waals surface area (Å²) in [6, 6.07) is 0. The van der Waals surface area contributed by atoms with Gasteiger partial charge in [0.15, 0.2) is 5.71 Å². The Morgan fingerprint density at radius 3 is 1.67 bits per heavy atom. The van der Waals surface area contributed by atoms with Crippen LogP contribution in [0.3, 0.4) is 0 Å². The molecule has 6 nitrogen and oxygen atoms in total. The number of hydrogen-bond donors (Lipinski definition) is 3. The van der Waals surface area contributed by atoms with Gasteiger partial charge in [-0.15, -0.1) is 0 Å². The van der Waals surface area contributed by atoms with E-state index in [9.17, 15) is 0 Å². The largest absolute Gasteiger partial charge is 0.411 e. The molecule has 0 amide bonds. The molecule has 1 aliphatic carbocycles. The van der Waals surface area contributed by atoms with Gasteiger partial charge < -0.3 is 15.6 Å². The van der Waals surface area contributed by atoms with E-state index in [0.29, 0.717) is 12.8 Å². The van der Waals surface area contributed by atoms with Crippen LogP contribution in [0, 0.1) is 0 Å². The smallest absolute Gasteiger partial charge is 0.152 e. The molecule has 0 bridgehead atoms. The van der Waals surface area contributed by atoms with Crippen LogP contribution in [0.5, 0.6) is 0 Å². The molecule has 0 unspecified atom stereocenters. The van der Waals surface area contributed by atoms with Crippen LogP contribution in [0.15, 0.2) is 15.5 Å². The van der Waals surface area contributed by atoms with Crippen LogP contribution in [0.1, 0.15) is 19.3 Å². The van der Waals surface area contributed by atoms with E-state index >= 15 is 0 Å². The molecule has 0 spiro atoms. The van der Waals surface area contributed by atoms with Crippen LogP contribution < -0.4 is 0 Å². The molecule has 0 aromatic carbocycles. The maximum Gasteiger partial charge on any atom is 0.152 e. The second kappa shape index (κ2) is 3.70. The van der Waals surface area contributed by atoms with Crippen LogP contribution in [0.2, 0.25) is 0 Å². The molecular formula is C6H9N3O3. The van der Waals surface area contributed by atoms with Gasteiger partial charge in [-0.2, -0.15) is 0 Å². The van der Waals surface area contributed by atoms with E-state index in [2.05, 4.69) is 15.5 Å². The third-order valence-electron chi connectivity index (χ3n) is 1.72. The monoisotopic (exact) mass is 171 g/mol. The van der Waals surface area contributed by atoms with E-state index in [4.69, 9.17) is 15.6 Å². The predicted molar refractivity (Wildman–Crippen MR) is 41.5 cm³/mol. The molecule has 6 heteroatoms. The first-order chi connectivity index (χ1) is 5.83. The fourth-order valence-corrected chi connectivity index (χ4v) is 1.14. The van der Waals surface area contributed by atoms with Crippen LogP contribution in [0.4, 0.5) is 0 Å². The van der Waals surface area contributed by atoms with Crippen molar-refractivity contribution in [3.8, 4) is 0 Å². The van der Waals surface area contributed by atoms with Crippen molar-refractivity contribution in [3.05, 3.63) is 0 Å². The minimum absolute atomic E-state index is 0.0613. The Morgan fingerprint density at radius 2 is 1.33 bits per heavy atom. The van der Waals surface area contributed by atoms with Gasteiger partial charge in [0.05, 0.1) is 0 Å². The normalized spacial score (nSPS) is 28.5. The molecule has 0 atom stereocenters. The lowest BCUT2D eigenvalue weighted by Gasteiger charge is -2.13. The molecule has 1 fully saturated rings. The minimum atomic E-state index is 0.0613. The van der Waals surface area contributed by atoms with Crippen LogP contribution in [-0.2, 0) is 0 Å². The van der Waals surface area contributed by atoms with E-state index in [0.717, 1.165) is 6.42 Å². The Kier molecular flexibility index (Phi) is 2.62. The van der Waals surface area contributed by atoms with Gasteiger partial charge in [0.1, 0.15) is 11.4 Å². The van der Waals surface area contributed by atoms with E-state index in [-0.39, 0.29) is 17.1 Å². The fraction of sp³-hybridized carbons (Fsp3) is 0.500. The Balaban J connectivity index is 2.97. The molecule has 66 valence electrons. The quantitative estimate of drug-likeness (QED) is 0.369. The first kappa shape index (κ1) is 8.51. The zero-order chi connectivity index (χ0) is 8.97. The molecule has 0 saturated heterocycles. The molecule has 1 aliphatic rings. The standard InChI is InChI=1S/C6H9N3O3/c10-7-4-2-1-3-5(8-11)6(4)9-12/h10-12H,1-3H2/b7-4-,8-5+,9-6+. The first-order valence-corrected chi connectivity index (χ1v) is 3.48. The van der Waals surface area contributed by atoms with Crippen molar-refractivity contribution in [2.45, 2.75) is 19.3 Å². The number of hydrogen-bond acceptors (Lipinski definition) is 6. The second-order valence-corrected chi connectivity index (χ2v) is 2.40. The molecule has 0 heterocycles. The average molecular weight is 171 g/mol. The summed E-state index contributed by atoms with van der Waals surface area (Å²) in [5.41, 5.74) is 0.555. The highest BCUT2D eigenvalue weighted by atomic mass is 16.4. The van der Waals surface area contributed by atoms with E-state index in [1.807, 2.05) is 0 Å². The third-order valence-corrected chi connectivity index (χ3v) is 1.72. The summed E-state index contributed by atoms with van der Waals surface area (Å²) in [4.78, 5) is 0. The molecule has 0 aliphatic heterocycles. The van der Waals surface area contributed by atoms with Crippen LogP contribution >= 0.6 is 0 Å². The molecule has 12 heavy (non-hydrogen) atoms. The maximum atomic E-state index is 8.50. The summed E-state index contributed by atoms with van der Waals surface area (Å²) in [7, 11) is 0. The van der Waals surface area contributed by atoms with Crippen molar-refractivity contribution in [1.82, 2.24) is 0 Å². The summed E-state index contributed by atoms with van der Waals surface area (Å²) < 4.78 is 0. The summed E-state index contributed by atoms with van der Waals surface area (Å²) in [5, 5.41) is 34.2. The van der Waals surface area contributed by atoms with Gasteiger partial charge in [0.2, 0.25) is 0 Å². The lowest BCUT2D eigenvalue weighted by atomic mass is 9.94. The Morgan fingerprint density at radius 1 is 0.833 bits per heavy atom. The molecule has 0 aromatic heterocycles. The SMILES string of the molecule is O/N=C1/CCCC(=N\O)/C1=N/O. The minimum Gasteiger partial charge on any atom is -0.411 e. The van der Waals surface area contributed by atoms with Crippen molar-refractivity contribution >= 4 is 17.1 Å². The highest BCUT2D eigenvalue weighted by Crippen LogP contribution is 2.11. The lowest BCUT2D eigenvalue weighted by Crippen LogP contribution is -2.29. The van der Waals surface area contributed by atoms with Gasteiger partial charge in [-0.1, -0.05) is 15.5 Å². The molecule has 1 rings (SSSR count). The molecule has 3 N–H and O–H groups in total. The summed E-state index contributed by atoms with van der Waals surface area (Å²) in [6.45, 7) is 0. The van der Waals surface area contributed by atoms with Crippen molar-refractivity contribution < 1.29 is 15.6 Å². The van der Waals surface area contributed by atoms with Crippen molar-refractivity contribution in [3.63, 3.8) is 0 Å². The zero-order valence-corrected chi connectivity index (χ0v) is 6.30. The zero-order valence-electron chi connectivity index (χ0n) is 6.30. The van der Waals surface area contributed by atoms with Gasteiger partial charge in [0, 0.05) is 0 Å². The van der Waals surface area contributed by atoms with E-state index in [1.54, 1.807) is 0 Å². The number of oxime groups is 3. The van der Waals surface area contributed by atoms with E-state index < -0.39 is 0 Å². The van der Waals surface area contributed by atoms with Gasteiger partial charge in [-0.05, 0) is 19.3 Å². The topological polar surface area (TPSA) is 97.8 Å². The highest BCUT2D eigenvalue weighted by Gasteiger charge is 2.23. The molecular weight excluding hydrogens is 162 g/mol. The van der Waals surface area contributed by atoms with Gasteiger partial charge in [0.25, 0.3) is 0 Å². The second-order valence-electron chi connectivity index (χ2n) is 2.40. The Labute approximate surface area is 68.5 Å². The van der Waals surface area contributed by atoms with Crippen molar-refractivity contribution in [2.75, 3.05) is 0 Å². The van der Waals surface area contributed by atoms with Crippen molar-refractivity contribution in [2.24, 2.45) is 15.5 Å². The maximum absolute atomic E-state index is 8.50. The lowest BCUT2D eigenvalue weighted by molar-refractivity contribution is 0.309. The molecule has 0 aromatic rings. The third kappa shape index (κ3) is 1.36. The molecule has 0 radical (unpaired) electrons. The highest BCUT2D eigenvalue weighted by molar-refractivity contribution is 6.69. The average Bonchev–Trinajstić information content (AvgIpc) is 2.16. The first-order valence-electron chi connectivity index (χ1n) is 3.48. The summed E-state index contributed by atoms with van der Waals surface area (Å²) in [6.07, 6.45) is 1.77. The fourth-order valence-electron chi connectivity index (χ4n) is 1.14. The van der Waals surface area contributed by atoms with Gasteiger partial charge >= 0.3 is 0 Å². The van der Waals surface area contributed by atoms with Crippen LogP contribution in [-0.4, -0.2) is 32.8 Å². The van der Waals surface area contributed by atoms with Crippen molar-refractivity contribution in [1.29, 1.82) is 0 Å². The van der Waals surface area contributed by atoms with Crippen LogP contribution in [0.25, 0.3) is 0 Å². The predicted octanol–water partition coefficient (Wildman–Crippen LogP) is 0.661. The Hall–Kier alpha value is -1.59. The number of rotatable bonds is 0. The van der Waals surface area contributed by atoms with Gasteiger partial charge in [-0.3, -0.25) is 0 Å². The summed E-state index contributed by atoms with van der Waals surface area (Å²) in [5.74, 6) is 0. The van der Waals surface area contributed by atoms with Gasteiger partial charge in [-0.25, -0.2) is 0 Å². The van der Waals surface area contributed by atoms with E-state index in [1.165, 1.54) is 0 Å². The molecule has 1 saturated carbocycles.